The normalized spacial score (nSPS) is 17.9. The summed E-state index contributed by atoms with van der Waals surface area (Å²) in [6, 6.07) is 7.84. The van der Waals surface area contributed by atoms with Crippen LogP contribution in [0, 0.1) is 0 Å². The summed E-state index contributed by atoms with van der Waals surface area (Å²) in [7, 11) is 0. The molecule has 0 saturated heterocycles. The molecule has 92 valence electrons. The maximum absolute atomic E-state index is 10.9. The molecule has 0 amide bonds. The van der Waals surface area contributed by atoms with Crippen molar-refractivity contribution in [3.05, 3.63) is 36.0 Å². The molecule has 1 aliphatic heterocycles. The van der Waals surface area contributed by atoms with Crippen molar-refractivity contribution in [2.45, 2.75) is 19.4 Å². The Kier molecular flexibility index (Phi) is 2.63. The molecule has 3 rings (SSSR count). The van der Waals surface area contributed by atoms with Crippen LogP contribution in [0.4, 0.5) is 0 Å². The molecule has 18 heavy (non-hydrogen) atoms. The van der Waals surface area contributed by atoms with Crippen molar-refractivity contribution in [2.24, 2.45) is 0 Å². The van der Waals surface area contributed by atoms with Crippen LogP contribution in [0.1, 0.15) is 12.5 Å². The van der Waals surface area contributed by atoms with Gasteiger partial charge in [0.05, 0.1) is 5.52 Å². The van der Waals surface area contributed by atoms with Gasteiger partial charge >= 0.3 is 5.97 Å². The van der Waals surface area contributed by atoms with Gasteiger partial charge in [-0.05, 0) is 23.8 Å². The Morgan fingerprint density at radius 3 is 3.17 bits per heavy atom. The third kappa shape index (κ3) is 1.90. The summed E-state index contributed by atoms with van der Waals surface area (Å²) in [6.45, 7) is 1.82. The second-order valence-corrected chi connectivity index (χ2v) is 4.37. The highest BCUT2D eigenvalue weighted by Crippen LogP contribution is 2.33. The third-order valence-electron chi connectivity index (χ3n) is 3.01. The Balaban J connectivity index is 1.98. The number of hydrogen-bond donors (Lipinski definition) is 0. The smallest absolute Gasteiger partial charge is 0.303 e. The van der Waals surface area contributed by atoms with Gasteiger partial charge < -0.3 is 9.47 Å². The maximum atomic E-state index is 10.9. The second-order valence-electron chi connectivity index (χ2n) is 4.37. The number of hydrogen-bond acceptors (Lipinski definition) is 4. The number of pyridine rings is 1. The summed E-state index contributed by atoms with van der Waals surface area (Å²) >= 11 is 0. The highest BCUT2D eigenvalue weighted by Gasteiger charge is 2.23. The fourth-order valence-corrected chi connectivity index (χ4v) is 2.29. The quantitative estimate of drug-likeness (QED) is 0.720. The van der Waals surface area contributed by atoms with Gasteiger partial charge in [-0.25, -0.2) is 0 Å². The highest BCUT2D eigenvalue weighted by atomic mass is 16.6. The molecule has 2 aromatic rings. The molecule has 0 fully saturated rings. The van der Waals surface area contributed by atoms with E-state index in [9.17, 15) is 4.79 Å². The van der Waals surface area contributed by atoms with Crippen molar-refractivity contribution in [2.75, 3.05) is 6.61 Å². The Bertz CT molecular complexity index is 609. The van der Waals surface area contributed by atoms with Crippen molar-refractivity contribution in [1.82, 2.24) is 4.98 Å². The van der Waals surface area contributed by atoms with E-state index < -0.39 is 0 Å². The van der Waals surface area contributed by atoms with Crippen LogP contribution in [0.25, 0.3) is 10.9 Å². The number of esters is 1. The van der Waals surface area contributed by atoms with Crippen LogP contribution in [0.5, 0.6) is 5.75 Å². The first-order valence-corrected chi connectivity index (χ1v) is 5.90. The van der Waals surface area contributed by atoms with E-state index in [1.165, 1.54) is 6.92 Å². The Morgan fingerprint density at radius 2 is 2.33 bits per heavy atom. The van der Waals surface area contributed by atoms with Gasteiger partial charge in [-0.1, -0.05) is 6.07 Å². The van der Waals surface area contributed by atoms with E-state index in [0.717, 1.165) is 22.2 Å². The molecule has 1 aromatic carbocycles. The number of carbonyl (C=O) groups excluding carboxylic acids is 1. The van der Waals surface area contributed by atoms with Gasteiger partial charge in [0.2, 0.25) is 0 Å². The molecule has 0 aliphatic carbocycles. The fourth-order valence-electron chi connectivity index (χ4n) is 2.29. The highest BCUT2D eigenvalue weighted by molar-refractivity contribution is 5.86. The molecule has 0 saturated carbocycles. The summed E-state index contributed by atoms with van der Waals surface area (Å²) in [5, 5.41) is 1.01. The fraction of sp³-hybridized carbons (Fsp3) is 0.286. The van der Waals surface area contributed by atoms with Crippen molar-refractivity contribution in [3.8, 4) is 5.75 Å². The minimum absolute atomic E-state index is 0.191. The first-order valence-electron chi connectivity index (χ1n) is 5.90. The lowest BCUT2D eigenvalue weighted by atomic mass is 10.0. The van der Waals surface area contributed by atoms with Gasteiger partial charge in [-0.15, -0.1) is 0 Å². The number of aromatic nitrogens is 1. The van der Waals surface area contributed by atoms with E-state index in [4.69, 9.17) is 9.47 Å². The molecule has 0 radical (unpaired) electrons. The van der Waals surface area contributed by atoms with Crippen LogP contribution in [0.2, 0.25) is 0 Å². The SMILES string of the molecule is CC(=O)OC1COc2c(ccc3ncccc23)C1. The van der Waals surface area contributed by atoms with Crippen LogP contribution in [-0.2, 0) is 16.0 Å². The molecule has 1 atom stereocenters. The number of benzene rings is 1. The molecular weight excluding hydrogens is 230 g/mol. The van der Waals surface area contributed by atoms with E-state index in [1.807, 2.05) is 24.3 Å². The molecule has 0 spiro atoms. The van der Waals surface area contributed by atoms with Gasteiger partial charge in [0.25, 0.3) is 0 Å². The lowest BCUT2D eigenvalue weighted by Gasteiger charge is -2.25. The molecule has 2 heterocycles. The van der Waals surface area contributed by atoms with Crippen molar-refractivity contribution in [3.63, 3.8) is 0 Å². The third-order valence-corrected chi connectivity index (χ3v) is 3.01. The average Bonchev–Trinajstić information content (AvgIpc) is 2.37. The monoisotopic (exact) mass is 243 g/mol. The van der Waals surface area contributed by atoms with Crippen LogP contribution >= 0.6 is 0 Å². The topological polar surface area (TPSA) is 48.4 Å². The van der Waals surface area contributed by atoms with Crippen LogP contribution in [-0.4, -0.2) is 23.7 Å². The molecule has 1 unspecified atom stereocenters. The second kappa shape index (κ2) is 4.29. The zero-order valence-corrected chi connectivity index (χ0v) is 10.1. The number of carbonyl (C=O) groups is 1. The number of rotatable bonds is 1. The summed E-state index contributed by atoms with van der Waals surface area (Å²) in [5.74, 6) is 0.596. The van der Waals surface area contributed by atoms with Gasteiger partial charge in [0.15, 0.2) is 0 Å². The summed E-state index contributed by atoms with van der Waals surface area (Å²) in [4.78, 5) is 15.2. The molecule has 1 aromatic heterocycles. The largest absolute Gasteiger partial charge is 0.489 e. The lowest BCUT2D eigenvalue weighted by molar-refractivity contribution is -0.148. The lowest BCUT2D eigenvalue weighted by Crippen LogP contribution is -2.30. The van der Waals surface area contributed by atoms with E-state index in [1.54, 1.807) is 6.20 Å². The van der Waals surface area contributed by atoms with Gasteiger partial charge in [0, 0.05) is 24.9 Å². The van der Waals surface area contributed by atoms with Crippen LogP contribution in [0.3, 0.4) is 0 Å². The first kappa shape index (κ1) is 11.0. The standard InChI is InChI=1S/C14H13NO3/c1-9(16)18-11-7-10-4-5-13-12(3-2-6-15-13)14(10)17-8-11/h2-6,11H,7-8H2,1H3. The van der Waals surface area contributed by atoms with Crippen molar-refractivity contribution in [1.29, 1.82) is 0 Å². The van der Waals surface area contributed by atoms with Crippen molar-refractivity contribution < 1.29 is 14.3 Å². The van der Waals surface area contributed by atoms with Crippen molar-refractivity contribution >= 4 is 16.9 Å². The van der Waals surface area contributed by atoms with E-state index in [0.29, 0.717) is 13.0 Å². The summed E-state index contributed by atoms with van der Waals surface area (Å²) < 4.78 is 10.9. The predicted octanol–water partition coefficient (Wildman–Crippen LogP) is 2.10. The molecule has 4 heteroatoms. The van der Waals surface area contributed by atoms with Gasteiger partial charge in [0.1, 0.15) is 18.5 Å². The van der Waals surface area contributed by atoms with E-state index in [-0.39, 0.29) is 12.1 Å². The Hall–Kier alpha value is -2.10. The number of nitrogens with zero attached hydrogens (tertiary/aromatic N) is 1. The Labute approximate surface area is 105 Å². The van der Waals surface area contributed by atoms with E-state index in [2.05, 4.69) is 4.98 Å². The molecular formula is C14H13NO3. The zero-order valence-electron chi connectivity index (χ0n) is 10.1. The summed E-state index contributed by atoms with van der Waals surface area (Å²) in [6.07, 6.45) is 2.27. The number of ether oxygens (including phenoxy) is 2. The molecule has 1 aliphatic rings. The Morgan fingerprint density at radius 1 is 1.44 bits per heavy atom. The van der Waals surface area contributed by atoms with Crippen LogP contribution < -0.4 is 4.74 Å². The zero-order chi connectivity index (χ0) is 12.5. The first-order chi connectivity index (χ1) is 8.74. The minimum Gasteiger partial charge on any atom is -0.489 e. The maximum Gasteiger partial charge on any atom is 0.303 e. The average molecular weight is 243 g/mol. The summed E-state index contributed by atoms with van der Waals surface area (Å²) in [5.41, 5.74) is 1.98. The van der Waals surface area contributed by atoms with Gasteiger partial charge in [-0.3, -0.25) is 9.78 Å². The van der Waals surface area contributed by atoms with E-state index >= 15 is 0 Å². The predicted molar refractivity (Wildman–Crippen MR) is 66.5 cm³/mol. The van der Waals surface area contributed by atoms with Gasteiger partial charge in [-0.2, -0.15) is 0 Å². The molecule has 4 nitrogen and oxygen atoms in total. The molecule has 0 bridgehead atoms. The minimum atomic E-state index is -0.269. The molecule has 0 N–H and O–H groups in total. The van der Waals surface area contributed by atoms with Crippen LogP contribution in [0.15, 0.2) is 30.5 Å². The number of fused-ring (bicyclic) bond motifs is 3.